The molecular weight excluding hydrogens is 204 g/mol. The van der Waals surface area contributed by atoms with Crippen LogP contribution in [0.2, 0.25) is 0 Å². The van der Waals surface area contributed by atoms with Crippen molar-refractivity contribution in [2.24, 2.45) is 0 Å². The highest BCUT2D eigenvalue weighted by molar-refractivity contribution is 5.77. The largest absolute Gasteiger partial charge is 0.369 e. The van der Waals surface area contributed by atoms with Gasteiger partial charge >= 0.3 is 0 Å². The molecule has 94 valence electrons. The van der Waals surface area contributed by atoms with Crippen LogP contribution in [0.4, 0.5) is 0 Å². The third-order valence-electron chi connectivity index (χ3n) is 3.06. The summed E-state index contributed by atoms with van der Waals surface area (Å²) >= 11 is 0. The van der Waals surface area contributed by atoms with Gasteiger partial charge in [-0.2, -0.15) is 0 Å². The first-order chi connectivity index (χ1) is 7.54. The molecule has 0 aromatic heterocycles. The van der Waals surface area contributed by atoms with Gasteiger partial charge in [0.15, 0.2) is 0 Å². The first-order valence-corrected chi connectivity index (χ1v) is 6.18. The third kappa shape index (κ3) is 3.76. The average Bonchev–Trinajstić information content (AvgIpc) is 2.25. The van der Waals surface area contributed by atoms with Crippen LogP contribution in [0.5, 0.6) is 0 Å². The number of nitrogens with zero attached hydrogens (tertiary/aromatic N) is 2. The van der Waals surface area contributed by atoms with Gasteiger partial charge in [0, 0.05) is 25.7 Å². The number of hydrogen-bond donors (Lipinski definition) is 0. The summed E-state index contributed by atoms with van der Waals surface area (Å²) in [6, 6.07) is 0.460. The second-order valence-electron chi connectivity index (χ2n) is 4.68. The topological polar surface area (TPSA) is 32.8 Å². The molecule has 1 fully saturated rings. The zero-order valence-corrected chi connectivity index (χ0v) is 10.9. The maximum absolute atomic E-state index is 11.8. The van der Waals surface area contributed by atoms with Crippen LogP contribution in [0.3, 0.4) is 0 Å². The highest BCUT2D eigenvalue weighted by Crippen LogP contribution is 2.09. The molecule has 0 radical (unpaired) electrons. The highest BCUT2D eigenvalue weighted by Gasteiger charge is 2.25. The van der Waals surface area contributed by atoms with Crippen molar-refractivity contribution in [1.29, 1.82) is 0 Å². The van der Waals surface area contributed by atoms with Crippen LogP contribution in [-0.4, -0.2) is 60.6 Å². The first-order valence-electron chi connectivity index (χ1n) is 6.18. The fourth-order valence-electron chi connectivity index (χ4n) is 2.02. The van der Waals surface area contributed by atoms with Crippen molar-refractivity contribution in [3.63, 3.8) is 0 Å². The number of rotatable bonds is 4. The lowest BCUT2D eigenvalue weighted by Gasteiger charge is -2.39. The number of piperazine rings is 1. The molecular formula is C12H24N2O2. The summed E-state index contributed by atoms with van der Waals surface area (Å²) in [4.78, 5) is 16.1. The monoisotopic (exact) mass is 228 g/mol. The Bertz CT molecular complexity index is 231. The Hall–Kier alpha value is -0.610. The molecule has 0 saturated carbocycles. The summed E-state index contributed by atoms with van der Waals surface area (Å²) in [5, 5.41) is 0. The molecule has 0 bridgehead atoms. The second-order valence-corrected chi connectivity index (χ2v) is 4.68. The predicted octanol–water partition coefficient (Wildman–Crippen LogP) is 0.964. The number of carbonyl (C=O) groups excluding carboxylic acids is 1. The van der Waals surface area contributed by atoms with Gasteiger partial charge in [0.1, 0.15) is 6.61 Å². The van der Waals surface area contributed by atoms with E-state index in [1.165, 1.54) is 0 Å². The predicted molar refractivity (Wildman–Crippen MR) is 64.4 cm³/mol. The molecule has 1 aliphatic rings. The lowest BCUT2D eigenvalue weighted by Crippen LogP contribution is -2.54. The summed E-state index contributed by atoms with van der Waals surface area (Å²) in [5.74, 6) is 0.122. The van der Waals surface area contributed by atoms with Crippen LogP contribution >= 0.6 is 0 Å². The average molecular weight is 228 g/mol. The first kappa shape index (κ1) is 13.5. The number of likely N-dealkylation sites (N-methyl/N-ethyl adjacent to an activating group) is 1. The minimum atomic E-state index is 0.122. The Kier molecular flexibility index (Phi) is 5.22. The molecule has 4 heteroatoms. The zero-order chi connectivity index (χ0) is 12.1. The third-order valence-corrected chi connectivity index (χ3v) is 3.06. The fourth-order valence-corrected chi connectivity index (χ4v) is 2.02. The molecule has 0 N–H and O–H groups in total. The van der Waals surface area contributed by atoms with Gasteiger partial charge in [-0.3, -0.25) is 9.69 Å². The standard InChI is InChI=1S/C12H24N2O2/c1-5-13-6-7-14(8-11(13)4)12(15)9-16-10(2)3/h10-11H,5-9H2,1-4H3. The molecule has 1 heterocycles. The van der Waals surface area contributed by atoms with Crippen LogP contribution < -0.4 is 0 Å². The number of ether oxygens (including phenoxy) is 1. The van der Waals surface area contributed by atoms with Crippen molar-refractivity contribution in [3.8, 4) is 0 Å². The normalized spacial score (nSPS) is 22.8. The van der Waals surface area contributed by atoms with Gasteiger partial charge in [-0.1, -0.05) is 6.92 Å². The minimum absolute atomic E-state index is 0.122. The second kappa shape index (κ2) is 6.21. The van der Waals surface area contributed by atoms with E-state index in [2.05, 4.69) is 18.7 Å². The molecule has 1 saturated heterocycles. The van der Waals surface area contributed by atoms with Gasteiger partial charge < -0.3 is 9.64 Å². The zero-order valence-electron chi connectivity index (χ0n) is 10.9. The van der Waals surface area contributed by atoms with Crippen molar-refractivity contribution in [2.45, 2.75) is 39.8 Å². The van der Waals surface area contributed by atoms with Crippen LogP contribution in [0.25, 0.3) is 0 Å². The number of hydrogen-bond acceptors (Lipinski definition) is 3. The van der Waals surface area contributed by atoms with E-state index in [1.54, 1.807) is 0 Å². The van der Waals surface area contributed by atoms with Gasteiger partial charge in [-0.25, -0.2) is 0 Å². The van der Waals surface area contributed by atoms with Gasteiger partial charge in [-0.15, -0.1) is 0 Å². The summed E-state index contributed by atoms with van der Waals surface area (Å²) in [6.07, 6.45) is 0.123. The van der Waals surface area contributed by atoms with Crippen LogP contribution in [0, 0.1) is 0 Å². The Labute approximate surface area is 98.5 Å². The molecule has 0 spiro atoms. The van der Waals surface area contributed by atoms with E-state index in [1.807, 2.05) is 18.7 Å². The van der Waals surface area contributed by atoms with Gasteiger partial charge in [0.05, 0.1) is 6.10 Å². The lowest BCUT2D eigenvalue weighted by atomic mass is 10.2. The van der Waals surface area contributed by atoms with E-state index in [4.69, 9.17) is 4.74 Å². The van der Waals surface area contributed by atoms with E-state index in [0.29, 0.717) is 6.04 Å². The van der Waals surface area contributed by atoms with Crippen LogP contribution in [0.15, 0.2) is 0 Å². The van der Waals surface area contributed by atoms with Crippen molar-refractivity contribution in [1.82, 2.24) is 9.80 Å². The molecule has 1 rings (SSSR count). The molecule has 1 atom stereocenters. The lowest BCUT2D eigenvalue weighted by molar-refractivity contribution is -0.140. The summed E-state index contributed by atoms with van der Waals surface area (Å²) < 4.78 is 5.34. The molecule has 0 aliphatic carbocycles. The SMILES string of the molecule is CCN1CCN(C(=O)COC(C)C)CC1C. The Balaban J connectivity index is 2.36. The molecule has 1 amide bonds. The van der Waals surface area contributed by atoms with Crippen molar-refractivity contribution in [3.05, 3.63) is 0 Å². The smallest absolute Gasteiger partial charge is 0.248 e. The quantitative estimate of drug-likeness (QED) is 0.718. The molecule has 4 nitrogen and oxygen atoms in total. The van der Waals surface area contributed by atoms with Gasteiger partial charge in [0.2, 0.25) is 5.91 Å². The molecule has 0 aromatic rings. The summed E-state index contributed by atoms with van der Waals surface area (Å²) in [6.45, 7) is 12.2. The fraction of sp³-hybridized carbons (Fsp3) is 0.917. The summed E-state index contributed by atoms with van der Waals surface area (Å²) in [7, 11) is 0. The van der Waals surface area contributed by atoms with Crippen LogP contribution in [-0.2, 0) is 9.53 Å². The molecule has 16 heavy (non-hydrogen) atoms. The van der Waals surface area contributed by atoms with E-state index in [-0.39, 0.29) is 18.6 Å². The maximum atomic E-state index is 11.8. The van der Waals surface area contributed by atoms with E-state index >= 15 is 0 Å². The molecule has 1 aliphatic heterocycles. The van der Waals surface area contributed by atoms with E-state index < -0.39 is 0 Å². The minimum Gasteiger partial charge on any atom is -0.369 e. The van der Waals surface area contributed by atoms with Gasteiger partial charge in [-0.05, 0) is 27.3 Å². The van der Waals surface area contributed by atoms with E-state index in [9.17, 15) is 4.79 Å². The van der Waals surface area contributed by atoms with Crippen molar-refractivity contribution in [2.75, 3.05) is 32.8 Å². The number of carbonyl (C=O) groups is 1. The summed E-state index contributed by atoms with van der Waals surface area (Å²) in [5.41, 5.74) is 0. The van der Waals surface area contributed by atoms with Crippen molar-refractivity contribution < 1.29 is 9.53 Å². The maximum Gasteiger partial charge on any atom is 0.248 e. The molecule has 0 aromatic carbocycles. The Morgan fingerprint density at radius 1 is 1.44 bits per heavy atom. The molecule has 1 unspecified atom stereocenters. The van der Waals surface area contributed by atoms with Gasteiger partial charge in [0.25, 0.3) is 0 Å². The number of amides is 1. The van der Waals surface area contributed by atoms with Crippen molar-refractivity contribution >= 4 is 5.91 Å². The Morgan fingerprint density at radius 3 is 2.62 bits per heavy atom. The Morgan fingerprint density at radius 2 is 2.12 bits per heavy atom. The van der Waals surface area contributed by atoms with Crippen LogP contribution in [0.1, 0.15) is 27.7 Å². The highest BCUT2D eigenvalue weighted by atomic mass is 16.5. The van der Waals surface area contributed by atoms with E-state index in [0.717, 1.165) is 26.2 Å².